The van der Waals surface area contributed by atoms with Gasteiger partial charge in [-0.3, -0.25) is 0 Å². The lowest BCUT2D eigenvalue weighted by Gasteiger charge is -2.26. The zero-order chi connectivity index (χ0) is 40.1. The van der Waals surface area contributed by atoms with Gasteiger partial charge in [0.15, 0.2) is 0 Å². The molecule has 3 aliphatic carbocycles. The van der Waals surface area contributed by atoms with Gasteiger partial charge in [-0.1, -0.05) is 105 Å². The normalized spacial score (nSPS) is 16.0. The molecule has 0 saturated heterocycles. The van der Waals surface area contributed by atoms with Crippen molar-refractivity contribution >= 4 is 46.0 Å². The Labute approximate surface area is 341 Å². The molecule has 0 N–H and O–H groups in total. The fourth-order valence-electron chi connectivity index (χ4n) is 9.52. The van der Waals surface area contributed by atoms with Crippen LogP contribution < -0.4 is 9.47 Å². The zero-order valence-corrected chi connectivity index (χ0v) is 33.9. The van der Waals surface area contributed by atoms with Crippen LogP contribution in [0.25, 0.3) is 33.3 Å². The van der Waals surface area contributed by atoms with Crippen molar-refractivity contribution in [1.29, 1.82) is 0 Å². The smallest absolute Gasteiger partial charge is 0.373 e. The summed E-state index contributed by atoms with van der Waals surface area (Å²) in [7, 11) is 0. The molecule has 0 spiro atoms. The number of halogens is 1. The Balaban J connectivity index is 0.000000170. The molecule has 1 aromatic heterocycles. The number of nitrogens with zero attached hydrogens (tertiary/aromatic N) is 1. The SMILES string of the molecule is Cc1ccc2c(C3CCCCC3)c3n(c2c1)CCOc1ccccc1-3.Cc1ccc2c(c1)CC(c1ccccc1OCCCl)=C2C1CCCCC1.O=C=O.O=C=O. The van der Waals surface area contributed by atoms with Gasteiger partial charge in [-0.15, -0.1) is 11.6 Å². The number of benzene rings is 4. The highest BCUT2D eigenvalue weighted by molar-refractivity contribution is 6.18. The summed E-state index contributed by atoms with van der Waals surface area (Å²) in [4.78, 5) is 32.5. The third kappa shape index (κ3) is 9.51. The average molecular weight is 786 g/mol. The van der Waals surface area contributed by atoms with Gasteiger partial charge in [0.05, 0.1) is 18.1 Å². The first-order chi connectivity index (χ1) is 27.9. The van der Waals surface area contributed by atoms with Gasteiger partial charge in [0.1, 0.15) is 24.7 Å². The highest BCUT2D eigenvalue weighted by Gasteiger charge is 2.31. The number of para-hydroxylation sites is 2. The van der Waals surface area contributed by atoms with E-state index in [0.29, 0.717) is 24.3 Å². The second kappa shape index (κ2) is 20.3. The molecule has 0 amide bonds. The third-order valence-electron chi connectivity index (χ3n) is 11.8. The maximum absolute atomic E-state index is 8.12. The summed E-state index contributed by atoms with van der Waals surface area (Å²) in [5, 5.41) is 1.46. The number of fused-ring (bicyclic) bond motifs is 6. The van der Waals surface area contributed by atoms with Crippen LogP contribution in [0, 0.1) is 19.8 Å². The molecule has 8 heteroatoms. The Bertz CT molecular complexity index is 2230. The molecule has 57 heavy (non-hydrogen) atoms. The quantitative estimate of drug-likeness (QED) is 0.159. The van der Waals surface area contributed by atoms with Crippen molar-refractivity contribution in [2.24, 2.45) is 5.92 Å². The summed E-state index contributed by atoms with van der Waals surface area (Å²) >= 11 is 5.87. The van der Waals surface area contributed by atoms with Gasteiger partial charge < -0.3 is 14.0 Å². The van der Waals surface area contributed by atoms with Crippen LogP contribution in [0.5, 0.6) is 11.5 Å². The summed E-state index contributed by atoms with van der Waals surface area (Å²) in [6, 6.07) is 31.1. The van der Waals surface area contributed by atoms with E-state index in [1.165, 1.54) is 120 Å². The van der Waals surface area contributed by atoms with E-state index >= 15 is 0 Å². The first-order valence-electron chi connectivity index (χ1n) is 20.4. The summed E-state index contributed by atoms with van der Waals surface area (Å²) in [6.07, 6.45) is 15.0. The van der Waals surface area contributed by atoms with E-state index in [9.17, 15) is 0 Å². The van der Waals surface area contributed by atoms with E-state index in [1.807, 2.05) is 0 Å². The minimum atomic E-state index is 0.250. The Hall–Kier alpha value is -5.19. The molecule has 0 unspecified atom stereocenters. The first kappa shape index (κ1) is 41.4. The molecule has 1 aliphatic heterocycles. The molecule has 0 radical (unpaired) electrons. The fourth-order valence-corrected chi connectivity index (χ4v) is 9.59. The van der Waals surface area contributed by atoms with Crippen LogP contribution in [-0.2, 0) is 32.1 Å². The van der Waals surface area contributed by atoms with Crippen LogP contribution in [0.3, 0.4) is 0 Å². The van der Waals surface area contributed by atoms with Crippen LogP contribution in [0.4, 0.5) is 0 Å². The fraction of sp³-hybridized carbons (Fsp3) is 0.388. The molecule has 9 rings (SSSR count). The highest BCUT2D eigenvalue weighted by atomic mass is 35.5. The molecule has 296 valence electrons. The van der Waals surface area contributed by atoms with Crippen molar-refractivity contribution in [3.05, 3.63) is 118 Å². The second-order valence-electron chi connectivity index (χ2n) is 15.4. The maximum Gasteiger partial charge on any atom is 0.373 e. The number of ether oxygens (including phenoxy) is 2. The van der Waals surface area contributed by atoms with Crippen molar-refractivity contribution < 1.29 is 28.7 Å². The number of hydrogen-bond donors (Lipinski definition) is 0. The molecule has 2 heterocycles. The highest BCUT2D eigenvalue weighted by Crippen LogP contribution is 2.49. The molecule has 7 nitrogen and oxygen atoms in total. The van der Waals surface area contributed by atoms with E-state index in [2.05, 4.69) is 103 Å². The Kier molecular flexibility index (Phi) is 14.8. The lowest BCUT2D eigenvalue weighted by molar-refractivity contribution is -0.193. The minimum absolute atomic E-state index is 0.250. The predicted molar refractivity (Wildman–Crippen MR) is 224 cm³/mol. The summed E-state index contributed by atoms with van der Waals surface area (Å²) in [5.74, 6) is 3.89. The monoisotopic (exact) mass is 785 g/mol. The van der Waals surface area contributed by atoms with Crippen LogP contribution >= 0.6 is 11.6 Å². The lowest BCUT2D eigenvalue weighted by atomic mass is 9.79. The molecule has 0 atom stereocenters. The van der Waals surface area contributed by atoms with E-state index in [4.69, 9.17) is 40.3 Å². The predicted octanol–water partition coefficient (Wildman–Crippen LogP) is 11.5. The summed E-state index contributed by atoms with van der Waals surface area (Å²) < 4.78 is 14.6. The van der Waals surface area contributed by atoms with Crippen LogP contribution in [0.1, 0.15) is 104 Å². The van der Waals surface area contributed by atoms with E-state index in [1.54, 1.807) is 11.1 Å². The van der Waals surface area contributed by atoms with Gasteiger partial charge in [0.2, 0.25) is 0 Å². The average Bonchev–Trinajstić information content (AvgIpc) is 3.69. The van der Waals surface area contributed by atoms with Crippen molar-refractivity contribution in [2.45, 2.75) is 96.9 Å². The van der Waals surface area contributed by atoms with Gasteiger partial charge >= 0.3 is 12.3 Å². The minimum Gasteiger partial charge on any atom is -0.492 e. The topological polar surface area (TPSA) is 91.7 Å². The third-order valence-corrected chi connectivity index (χ3v) is 11.9. The van der Waals surface area contributed by atoms with Crippen LogP contribution in [0.15, 0.2) is 84.9 Å². The van der Waals surface area contributed by atoms with Crippen molar-refractivity contribution in [2.75, 3.05) is 19.1 Å². The maximum atomic E-state index is 8.12. The van der Waals surface area contributed by atoms with Gasteiger partial charge in [-0.25, -0.2) is 0 Å². The Morgan fingerprint density at radius 2 is 1.33 bits per heavy atom. The first-order valence-corrected chi connectivity index (χ1v) is 20.9. The van der Waals surface area contributed by atoms with E-state index in [-0.39, 0.29) is 12.3 Å². The summed E-state index contributed by atoms with van der Waals surface area (Å²) in [5.41, 5.74) is 15.6. The van der Waals surface area contributed by atoms with E-state index < -0.39 is 0 Å². The molecule has 4 aliphatic rings. The molecule has 5 aromatic rings. The van der Waals surface area contributed by atoms with Gasteiger partial charge in [0.25, 0.3) is 0 Å². The Morgan fingerprint density at radius 1 is 0.719 bits per heavy atom. The number of aromatic nitrogens is 1. The van der Waals surface area contributed by atoms with Crippen LogP contribution in [-0.4, -0.2) is 36.0 Å². The molecule has 4 aromatic carbocycles. The van der Waals surface area contributed by atoms with Gasteiger partial charge in [0, 0.05) is 22.0 Å². The number of allylic oxidation sites excluding steroid dienone is 2. The Morgan fingerprint density at radius 3 is 2.04 bits per heavy atom. The molecule has 0 bridgehead atoms. The number of carbonyl (C=O) groups excluding carboxylic acids is 4. The number of hydrogen-bond acceptors (Lipinski definition) is 6. The van der Waals surface area contributed by atoms with E-state index in [0.717, 1.165) is 31.1 Å². The molecule has 2 fully saturated rings. The summed E-state index contributed by atoms with van der Waals surface area (Å²) in [6.45, 7) is 6.61. The molecular formula is C49H52ClNO6. The number of alkyl halides is 1. The number of aryl methyl sites for hydroxylation is 2. The van der Waals surface area contributed by atoms with Crippen LogP contribution in [0.2, 0.25) is 0 Å². The second-order valence-corrected chi connectivity index (χ2v) is 15.8. The zero-order valence-electron chi connectivity index (χ0n) is 33.1. The molecule has 2 saturated carbocycles. The van der Waals surface area contributed by atoms with Crippen molar-refractivity contribution in [3.8, 4) is 22.8 Å². The van der Waals surface area contributed by atoms with Gasteiger partial charge in [-0.2, -0.15) is 19.2 Å². The van der Waals surface area contributed by atoms with Gasteiger partial charge in [-0.05, 0) is 115 Å². The lowest BCUT2D eigenvalue weighted by Crippen LogP contribution is -2.09. The van der Waals surface area contributed by atoms with Crippen molar-refractivity contribution in [3.63, 3.8) is 0 Å². The number of rotatable bonds is 6. The van der Waals surface area contributed by atoms with Crippen molar-refractivity contribution in [1.82, 2.24) is 4.57 Å². The standard InChI is InChI=1S/C24H27ClO.C23H25NO.2CO2/c1-17-11-12-20-19(15-17)16-22(24(20)18-7-3-2-4-8-18)21-9-5-6-10-23(21)26-14-13-25;1-16-11-12-18-20(15-16)24-13-14-25-21-10-6-5-9-19(21)23(24)22(18)17-7-3-2-4-8-17;2*2-1-3/h5-6,9-12,15,18H,2-4,7-8,13-14,16H2,1H3;5-6,9-12,15,17H,2-4,7-8,13-14H2,1H3;;. The largest absolute Gasteiger partial charge is 0.492 e. The molecular weight excluding hydrogens is 734 g/mol.